The molecular weight excluding hydrogens is 328 g/mol. The van der Waals surface area contributed by atoms with Gasteiger partial charge in [0.1, 0.15) is 5.75 Å². The minimum absolute atomic E-state index is 0.0155. The van der Waals surface area contributed by atoms with Crippen LogP contribution in [0.5, 0.6) is 5.75 Å². The predicted molar refractivity (Wildman–Crippen MR) is 92.1 cm³/mol. The second kappa shape index (κ2) is 8.50. The Hall–Kier alpha value is -2.33. The van der Waals surface area contributed by atoms with Gasteiger partial charge in [0.05, 0.1) is 12.0 Å². The highest BCUT2D eigenvalue weighted by atomic mass is 35.5. The van der Waals surface area contributed by atoms with Gasteiger partial charge in [-0.1, -0.05) is 61.8 Å². The molecule has 0 radical (unpaired) electrons. The van der Waals surface area contributed by atoms with Crippen LogP contribution in [0.4, 0.5) is 0 Å². The second-order valence-electron chi connectivity index (χ2n) is 5.63. The van der Waals surface area contributed by atoms with E-state index in [1.54, 1.807) is 48.5 Å². The first-order valence-electron chi connectivity index (χ1n) is 7.66. The van der Waals surface area contributed by atoms with Crippen molar-refractivity contribution in [1.29, 1.82) is 0 Å². The number of rotatable bonds is 6. The maximum atomic E-state index is 12.2. The number of halogens is 1. The van der Waals surface area contributed by atoms with Crippen molar-refractivity contribution < 1.29 is 19.1 Å². The van der Waals surface area contributed by atoms with Crippen LogP contribution in [-0.4, -0.2) is 17.5 Å². The molecule has 0 fully saturated rings. The molecule has 2 aromatic rings. The number of benzene rings is 2. The number of carbonyl (C=O) groups excluding carboxylic acids is 2. The van der Waals surface area contributed by atoms with Gasteiger partial charge >= 0.3 is 11.9 Å². The highest BCUT2D eigenvalue weighted by Crippen LogP contribution is 2.21. The maximum Gasteiger partial charge on any atom is 0.343 e. The molecule has 0 bridgehead atoms. The van der Waals surface area contributed by atoms with Crippen molar-refractivity contribution in [3.05, 3.63) is 65.7 Å². The van der Waals surface area contributed by atoms with E-state index < -0.39 is 17.5 Å². The Balaban J connectivity index is 2.07. The zero-order chi connectivity index (χ0) is 17.5. The summed E-state index contributed by atoms with van der Waals surface area (Å²) in [5.41, 5.74) is 0.325. The van der Waals surface area contributed by atoms with E-state index >= 15 is 0 Å². The lowest BCUT2D eigenvalue weighted by Crippen LogP contribution is -2.19. The summed E-state index contributed by atoms with van der Waals surface area (Å²) < 4.78 is 10.6. The fourth-order valence-corrected chi connectivity index (χ4v) is 2.04. The Morgan fingerprint density at radius 2 is 1.62 bits per heavy atom. The van der Waals surface area contributed by atoms with Crippen LogP contribution in [0.3, 0.4) is 0 Å². The summed E-state index contributed by atoms with van der Waals surface area (Å²) in [4.78, 5) is 24.1. The average Bonchev–Trinajstić information content (AvgIpc) is 2.57. The molecule has 1 atom stereocenters. The molecule has 0 heterocycles. The Morgan fingerprint density at radius 1 is 1.00 bits per heavy atom. The largest absolute Gasteiger partial charge is 0.445 e. The maximum absolute atomic E-state index is 12.2. The molecule has 0 amide bonds. The van der Waals surface area contributed by atoms with Gasteiger partial charge in [-0.3, -0.25) is 4.79 Å². The molecule has 126 valence electrons. The zero-order valence-corrected chi connectivity index (χ0v) is 14.3. The zero-order valence-electron chi connectivity index (χ0n) is 13.6. The number of esters is 2. The number of alkyl halides is 1. The second-order valence-corrected chi connectivity index (χ2v) is 6.06. The number of para-hydroxylation sites is 1. The Labute approximate surface area is 146 Å². The van der Waals surface area contributed by atoms with E-state index in [-0.39, 0.29) is 12.3 Å². The number of ether oxygens (including phenoxy) is 2. The summed E-state index contributed by atoms with van der Waals surface area (Å²) in [6, 6.07) is 15.5. The summed E-state index contributed by atoms with van der Waals surface area (Å²) in [6.45, 7) is 3.72. The molecule has 0 aliphatic rings. The van der Waals surface area contributed by atoms with Crippen molar-refractivity contribution in [3.63, 3.8) is 0 Å². The van der Waals surface area contributed by atoms with Crippen molar-refractivity contribution in [2.75, 3.05) is 0 Å². The van der Waals surface area contributed by atoms with E-state index in [1.807, 2.05) is 19.9 Å². The molecule has 2 rings (SSSR count). The quantitative estimate of drug-likeness (QED) is 0.446. The first-order chi connectivity index (χ1) is 11.5. The summed E-state index contributed by atoms with van der Waals surface area (Å²) >= 11 is 5.95. The van der Waals surface area contributed by atoms with E-state index in [0.717, 1.165) is 0 Å². The molecule has 4 nitrogen and oxygen atoms in total. The van der Waals surface area contributed by atoms with Crippen LogP contribution in [0.1, 0.15) is 29.8 Å². The van der Waals surface area contributed by atoms with Gasteiger partial charge in [0.2, 0.25) is 0 Å². The third kappa shape index (κ3) is 5.10. The van der Waals surface area contributed by atoms with Crippen LogP contribution in [-0.2, 0) is 16.0 Å². The summed E-state index contributed by atoms with van der Waals surface area (Å²) in [6.07, 6.45) is -0.0197. The SMILES string of the molecule is CC(C)C(Cl)OC(=O)Cc1ccccc1OC(=O)c1ccccc1. The van der Waals surface area contributed by atoms with Crippen molar-refractivity contribution >= 4 is 23.5 Å². The fraction of sp³-hybridized carbons (Fsp3) is 0.263. The Kier molecular flexibility index (Phi) is 6.38. The monoisotopic (exact) mass is 346 g/mol. The smallest absolute Gasteiger partial charge is 0.343 e. The summed E-state index contributed by atoms with van der Waals surface area (Å²) in [5.74, 6) is -0.596. The van der Waals surface area contributed by atoms with E-state index in [0.29, 0.717) is 16.9 Å². The van der Waals surface area contributed by atoms with Gasteiger partial charge in [0.25, 0.3) is 0 Å². The lowest BCUT2D eigenvalue weighted by Gasteiger charge is -2.15. The van der Waals surface area contributed by atoms with Crippen LogP contribution >= 0.6 is 11.6 Å². The molecule has 0 aromatic heterocycles. The van der Waals surface area contributed by atoms with Gasteiger partial charge in [-0.25, -0.2) is 4.79 Å². The predicted octanol–water partition coefficient (Wildman–Crippen LogP) is 4.21. The molecule has 24 heavy (non-hydrogen) atoms. The van der Waals surface area contributed by atoms with E-state index in [1.165, 1.54) is 0 Å². The number of hydrogen-bond donors (Lipinski definition) is 0. The van der Waals surface area contributed by atoms with Crippen LogP contribution in [0.2, 0.25) is 0 Å². The first-order valence-corrected chi connectivity index (χ1v) is 8.09. The van der Waals surface area contributed by atoms with E-state index in [4.69, 9.17) is 21.1 Å². The van der Waals surface area contributed by atoms with Crippen molar-refractivity contribution in [2.24, 2.45) is 5.92 Å². The third-order valence-electron chi connectivity index (χ3n) is 3.29. The summed E-state index contributed by atoms with van der Waals surface area (Å²) in [7, 11) is 0. The molecule has 0 spiro atoms. The normalized spacial score (nSPS) is 11.8. The van der Waals surface area contributed by atoms with Crippen LogP contribution < -0.4 is 4.74 Å². The number of carbonyl (C=O) groups is 2. The minimum Gasteiger partial charge on any atom is -0.445 e. The van der Waals surface area contributed by atoms with E-state index in [9.17, 15) is 9.59 Å². The lowest BCUT2D eigenvalue weighted by molar-refractivity contribution is -0.146. The molecule has 1 unspecified atom stereocenters. The topological polar surface area (TPSA) is 52.6 Å². The van der Waals surface area contributed by atoms with E-state index in [2.05, 4.69) is 0 Å². The highest BCUT2D eigenvalue weighted by molar-refractivity contribution is 6.20. The van der Waals surface area contributed by atoms with Crippen LogP contribution in [0, 0.1) is 5.92 Å². The molecule has 0 saturated heterocycles. The number of hydrogen-bond acceptors (Lipinski definition) is 4. The standard InChI is InChI=1S/C19H19ClO4/c1-13(2)18(20)24-17(21)12-15-10-6-7-11-16(15)23-19(22)14-8-4-3-5-9-14/h3-11,13,18H,12H2,1-2H3. The first kappa shape index (κ1) is 18.0. The third-order valence-corrected chi connectivity index (χ3v) is 3.88. The van der Waals surface area contributed by atoms with Gasteiger partial charge in [0, 0.05) is 11.5 Å². The average molecular weight is 347 g/mol. The molecule has 0 aliphatic carbocycles. The molecule has 0 saturated carbocycles. The van der Waals surface area contributed by atoms with Gasteiger partial charge in [0.15, 0.2) is 5.56 Å². The molecule has 2 aromatic carbocycles. The highest BCUT2D eigenvalue weighted by Gasteiger charge is 2.18. The van der Waals surface area contributed by atoms with Gasteiger partial charge in [-0.2, -0.15) is 0 Å². The van der Waals surface area contributed by atoms with Crippen molar-refractivity contribution in [2.45, 2.75) is 25.8 Å². The lowest BCUT2D eigenvalue weighted by atomic mass is 10.1. The van der Waals surface area contributed by atoms with Gasteiger partial charge in [-0.05, 0) is 18.2 Å². The Morgan fingerprint density at radius 3 is 2.29 bits per heavy atom. The molecule has 5 heteroatoms. The van der Waals surface area contributed by atoms with Crippen molar-refractivity contribution in [1.82, 2.24) is 0 Å². The Bertz CT molecular complexity index is 698. The fourth-order valence-electron chi connectivity index (χ4n) is 1.94. The summed E-state index contributed by atoms with van der Waals surface area (Å²) in [5, 5.41) is 0. The molecule has 0 N–H and O–H groups in total. The minimum atomic E-state index is -0.684. The van der Waals surface area contributed by atoms with Crippen LogP contribution in [0.15, 0.2) is 54.6 Å². The molecular formula is C19H19ClO4. The van der Waals surface area contributed by atoms with Gasteiger partial charge in [-0.15, -0.1) is 0 Å². The van der Waals surface area contributed by atoms with Crippen LogP contribution in [0.25, 0.3) is 0 Å². The molecule has 0 aliphatic heterocycles. The van der Waals surface area contributed by atoms with Crippen molar-refractivity contribution in [3.8, 4) is 5.75 Å². The van der Waals surface area contributed by atoms with Gasteiger partial charge < -0.3 is 9.47 Å².